The molecule has 0 amide bonds. The Balaban J connectivity index is 2.18. The summed E-state index contributed by atoms with van der Waals surface area (Å²) in [5.74, 6) is 0.0373. The molecule has 0 fully saturated rings. The highest BCUT2D eigenvalue weighted by Crippen LogP contribution is 2.28. The normalized spacial score (nSPS) is 12.2. The van der Waals surface area contributed by atoms with Crippen molar-refractivity contribution in [3.8, 4) is 5.75 Å². The molecule has 2 nitrogen and oxygen atoms in total. The zero-order chi connectivity index (χ0) is 14.7. The van der Waals surface area contributed by atoms with Crippen LogP contribution in [0.2, 0.25) is 5.02 Å². The predicted molar refractivity (Wildman–Crippen MR) is 80.5 cm³/mol. The maximum absolute atomic E-state index is 13.2. The number of halogens is 3. The Morgan fingerprint density at radius 1 is 1.30 bits per heavy atom. The Kier molecular flexibility index (Phi) is 5.02. The second-order valence-corrected chi connectivity index (χ2v) is 5.71. The average Bonchev–Trinajstić information content (AvgIpc) is 2.38. The number of rotatable bonds is 4. The number of hydrogen-bond donors (Lipinski definition) is 1. The molecule has 0 aliphatic rings. The molecule has 0 aliphatic carbocycles. The molecule has 0 saturated heterocycles. The molecule has 20 heavy (non-hydrogen) atoms. The maximum atomic E-state index is 13.2. The number of hydrogen-bond acceptors (Lipinski definition) is 2. The summed E-state index contributed by atoms with van der Waals surface area (Å²) >= 11 is 9.43. The van der Waals surface area contributed by atoms with Crippen molar-refractivity contribution in [3.63, 3.8) is 0 Å². The summed E-state index contributed by atoms with van der Waals surface area (Å²) in [5.41, 5.74) is 1.23. The number of aliphatic hydroxyl groups excluding tert-OH is 1. The van der Waals surface area contributed by atoms with Gasteiger partial charge in [-0.15, -0.1) is 0 Å². The first kappa shape index (κ1) is 15.3. The van der Waals surface area contributed by atoms with E-state index in [1.165, 1.54) is 18.2 Å². The lowest BCUT2D eigenvalue weighted by Crippen LogP contribution is -2.02. The van der Waals surface area contributed by atoms with Crippen LogP contribution in [-0.4, -0.2) is 5.11 Å². The third-order valence-electron chi connectivity index (χ3n) is 2.82. The van der Waals surface area contributed by atoms with Crippen molar-refractivity contribution in [1.29, 1.82) is 0 Å². The van der Waals surface area contributed by atoms with Crippen molar-refractivity contribution in [3.05, 3.63) is 62.8 Å². The summed E-state index contributed by atoms with van der Waals surface area (Å²) in [5, 5.41) is 10.2. The zero-order valence-electron chi connectivity index (χ0n) is 10.7. The second-order valence-electron chi connectivity index (χ2n) is 4.38. The van der Waals surface area contributed by atoms with Gasteiger partial charge in [-0.05, 0) is 37.3 Å². The van der Waals surface area contributed by atoms with E-state index in [2.05, 4.69) is 15.9 Å². The van der Waals surface area contributed by atoms with Gasteiger partial charge in [0.15, 0.2) is 0 Å². The van der Waals surface area contributed by atoms with Gasteiger partial charge in [0.2, 0.25) is 0 Å². The first-order valence-electron chi connectivity index (χ1n) is 6.01. The minimum atomic E-state index is -0.805. The van der Waals surface area contributed by atoms with Crippen molar-refractivity contribution >= 4 is 27.5 Å². The minimum absolute atomic E-state index is 0.247. The molecular weight excluding hydrogens is 347 g/mol. The van der Waals surface area contributed by atoms with Gasteiger partial charge in [-0.1, -0.05) is 33.6 Å². The van der Waals surface area contributed by atoms with Gasteiger partial charge in [0.1, 0.15) is 18.2 Å². The molecule has 0 radical (unpaired) electrons. The lowest BCUT2D eigenvalue weighted by Gasteiger charge is -2.14. The molecule has 0 heterocycles. The highest BCUT2D eigenvalue weighted by atomic mass is 79.9. The summed E-state index contributed by atoms with van der Waals surface area (Å²) in [7, 11) is 0. The highest BCUT2D eigenvalue weighted by molar-refractivity contribution is 9.10. The summed E-state index contributed by atoms with van der Waals surface area (Å²) < 4.78 is 19.7. The van der Waals surface area contributed by atoms with E-state index in [1.807, 2.05) is 12.1 Å². The Morgan fingerprint density at radius 3 is 2.70 bits per heavy atom. The van der Waals surface area contributed by atoms with Crippen LogP contribution in [0.5, 0.6) is 5.75 Å². The van der Waals surface area contributed by atoms with Crippen molar-refractivity contribution in [1.82, 2.24) is 0 Å². The largest absolute Gasteiger partial charge is 0.488 e. The first-order chi connectivity index (χ1) is 9.47. The van der Waals surface area contributed by atoms with Crippen molar-refractivity contribution in [2.45, 2.75) is 19.6 Å². The Hall–Kier alpha value is -1.10. The molecule has 1 N–H and O–H groups in total. The monoisotopic (exact) mass is 358 g/mol. The van der Waals surface area contributed by atoms with Crippen LogP contribution in [-0.2, 0) is 6.61 Å². The third kappa shape index (κ3) is 3.72. The molecule has 5 heteroatoms. The highest BCUT2D eigenvalue weighted by Gasteiger charge is 2.11. The van der Waals surface area contributed by atoms with Crippen molar-refractivity contribution in [2.75, 3.05) is 0 Å². The van der Waals surface area contributed by atoms with Crippen LogP contribution in [0.4, 0.5) is 4.39 Å². The lowest BCUT2D eigenvalue weighted by atomic mass is 10.1. The molecule has 2 aromatic rings. The van der Waals surface area contributed by atoms with Crippen LogP contribution in [0, 0.1) is 5.82 Å². The average molecular weight is 360 g/mol. The van der Waals surface area contributed by atoms with Gasteiger partial charge < -0.3 is 9.84 Å². The summed E-state index contributed by atoms with van der Waals surface area (Å²) in [6.45, 7) is 1.81. The quantitative estimate of drug-likeness (QED) is 0.843. The van der Waals surface area contributed by atoms with E-state index in [0.29, 0.717) is 16.3 Å². The SMILES string of the molecule is C[C@H](O)c1cc(F)ccc1OCc1ccc(Br)cc1Cl. The van der Waals surface area contributed by atoms with Crippen LogP contribution in [0.3, 0.4) is 0 Å². The molecule has 0 bridgehead atoms. The lowest BCUT2D eigenvalue weighted by molar-refractivity contribution is 0.189. The minimum Gasteiger partial charge on any atom is -0.488 e. The summed E-state index contributed by atoms with van der Waals surface area (Å²) in [6.07, 6.45) is -0.805. The molecule has 1 atom stereocenters. The number of benzene rings is 2. The number of aliphatic hydroxyl groups is 1. The van der Waals surface area contributed by atoms with E-state index in [0.717, 1.165) is 10.0 Å². The topological polar surface area (TPSA) is 29.5 Å². The second kappa shape index (κ2) is 6.57. The number of ether oxygens (including phenoxy) is 1. The van der Waals surface area contributed by atoms with E-state index in [4.69, 9.17) is 16.3 Å². The fourth-order valence-electron chi connectivity index (χ4n) is 1.77. The molecule has 0 aromatic heterocycles. The van der Waals surface area contributed by atoms with E-state index in [1.54, 1.807) is 13.0 Å². The van der Waals surface area contributed by atoms with Gasteiger partial charge >= 0.3 is 0 Å². The zero-order valence-corrected chi connectivity index (χ0v) is 13.1. The van der Waals surface area contributed by atoms with Crippen LogP contribution >= 0.6 is 27.5 Å². The summed E-state index contributed by atoms with van der Waals surface area (Å²) in [6, 6.07) is 9.56. The smallest absolute Gasteiger partial charge is 0.125 e. The van der Waals surface area contributed by atoms with Crippen LogP contribution in [0.25, 0.3) is 0 Å². The van der Waals surface area contributed by atoms with E-state index >= 15 is 0 Å². The standard InChI is InChI=1S/C15H13BrClFO2/c1-9(19)13-7-12(18)4-5-15(13)20-8-10-2-3-11(16)6-14(10)17/h2-7,9,19H,8H2,1H3/t9-/m0/s1. The molecule has 106 valence electrons. The van der Waals surface area contributed by atoms with Gasteiger partial charge in [0.25, 0.3) is 0 Å². The Morgan fingerprint density at radius 2 is 2.05 bits per heavy atom. The van der Waals surface area contributed by atoms with Gasteiger partial charge in [-0.2, -0.15) is 0 Å². The third-order valence-corrected chi connectivity index (χ3v) is 3.67. The molecule has 2 aromatic carbocycles. The first-order valence-corrected chi connectivity index (χ1v) is 7.18. The van der Waals surface area contributed by atoms with E-state index in [-0.39, 0.29) is 6.61 Å². The molecule has 0 aliphatic heterocycles. The van der Waals surface area contributed by atoms with Gasteiger partial charge in [-0.25, -0.2) is 4.39 Å². The maximum Gasteiger partial charge on any atom is 0.125 e. The molecule has 0 saturated carbocycles. The van der Waals surface area contributed by atoms with Crippen LogP contribution in [0.15, 0.2) is 40.9 Å². The molecule has 2 rings (SSSR count). The van der Waals surface area contributed by atoms with Gasteiger partial charge in [-0.3, -0.25) is 0 Å². The van der Waals surface area contributed by atoms with Crippen LogP contribution < -0.4 is 4.74 Å². The van der Waals surface area contributed by atoms with Crippen molar-refractivity contribution < 1.29 is 14.2 Å². The van der Waals surface area contributed by atoms with E-state index < -0.39 is 11.9 Å². The van der Waals surface area contributed by atoms with E-state index in [9.17, 15) is 9.50 Å². The molecule has 0 spiro atoms. The fraction of sp³-hybridized carbons (Fsp3) is 0.200. The predicted octanol–water partition coefficient (Wildman–Crippen LogP) is 4.87. The fourth-order valence-corrected chi connectivity index (χ4v) is 2.50. The Bertz CT molecular complexity index is 617. The van der Waals surface area contributed by atoms with Gasteiger partial charge in [0.05, 0.1) is 6.10 Å². The molecule has 0 unspecified atom stereocenters. The van der Waals surface area contributed by atoms with Crippen LogP contribution in [0.1, 0.15) is 24.2 Å². The molecular formula is C15H13BrClFO2. The Labute approximate surface area is 130 Å². The van der Waals surface area contributed by atoms with Crippen molar-refractivity contribution in [2.24, 2.45) is 0 Å². The summed E-state index contributed by atoms with van der Waals surface area (Å²) in [4.78, 5) is 0. The van der Waals surface area contributed by atoms with Gasteiger partial charge in [0, 0.05) is 20.6 Å².